The molecule has 1 aliphatic rings. The van der Waals surface area contributed by atoms with Crippen molar-refractivity contribution in [2.75, 3.05) is 6.54 Å². The van der Waals surface area contributed by atoms with Gasteiger partial charge in [-0.15, -0.1) is 0 Å². The van der Waals surface area contributed by atoms with Crippen LogP contribution in [-0.4, -0.2) is 105 Å². The molecular weight excluding hydrogens is 908 g/mol. The Morgan fingerprint density at radius 2 is 1.44 bits per heavy atom. The Hall–Kier alpha value is -5.20. The number of amides is 6. The molecule has 6 amide bonds. The summed E-state index contributed by atoms with van der Waals surface area (Å²) in [6, 6.07) is -3.77. The van der Waals surface area contributed by atoms with Crippen molar-refractivity contribution in [2.45, 2.75) is 126 Å². The summed E-state index contributed by atoms with van der Waals surface area (Å²) in [4.78, 5) is 99.7. The summed E-state index contributed by atoms with van der Waals surface area (Å²) in [5.74, 6) is -8.80. The molecular formula is C39H54ClF2N9O11S2. The maximum Gasteiger partial charge on any atom is 0.290 e. The van der Waals surface area contributed by atoms with Gasteiger partial charge >= 0.3 is 0 Å². The number of nitrogens with two attached hydrogens (primary N) is 1. The van der Waals surface area contributed by atoms with Gasteiger partial charge in [0.2, 0.25) is 40.0 Å². The van der Waals surface area contributed by atoms with E-state index in [0.29, 0.717) is 25.3 Å². The quantitative estimate of drug-likeness (QED) is 0.0773. The summed E-state index contributed by atoms with van der Waals surface area (Å²) in [5.41, 5.74) is -0.0477. The van der Waals surface area contributed by atoms with Crippen molar-refractivity contribution in [3.05, 3.63) is 47.5 Å². The number of carbonyl (C=O) groups is 7. The Kier molecular flexibility index (Phi) is 20.1. The predicted molar refractivity (Wildman–Crippen MR) is 226 cm³/mol. The molecule has 3 rings (SSSR count). The Morgan fingerprint density at radius 3 is 2.02 bits per heavy atom. The SMILES string of the molecule is CCC(C)C(NC(=O)[C@H](CC(C)C)NC(=O)c1cnccn1)C(=O)N[C@@H](CC1CCCCC1)C(=O)N[C@@H](CC(F)F)C(=O)C(=O)NCC(=O)NS(=O)(=O)c1cc(Cl)cc(S(N)(=O)=O)c1. The minimum Gasteiger partial charge on any atom is -0.344 e. The number of hydrogen-bond donors (Lipinski definition) is 7. The van der Waals surface area contributed by atoms with Crippen LogP contribution in [0.4, 0.5) is 8.78 Å². The van der Waals surface area contributed by atoms with Crippen molar-refractivity contribution in [1.82, 2.24) is 41.3 Å². The van der Waals surface area contributed by atoms with Crippen LogP contribution in [0, 0.1) is 17.8 Å². The van der Waals surface area contributed by atoms with Gasteiger partial charge in [0.1, 0.15) is 29.9 Å². The first-order valence-electron chi connectivity index (χ1n) is 20.4. The van der Waals surface area contributed by atoms with Crippen LogP contribution in [0.5, 0.6) is 0 Å². The molecule has 1 aromatic heterocycles. The molecule has 1 aliphatic carbocycles. The smallest absolute Gasteiger partial charge is 0.290 e. The number of benzene rings is 1. The largest absolute Gasteiger partial charge is 0.344 e. The molecule has 1 heterocycles. The molecule has 8 N–H and O–H groups in total. The minimum atomic E-state index is -4.83. The Morgan fingerprint density at radius 1 is 0.812 bits per heavy atom. The number of alkyl halides is 2. The van der Waals surface area contributed by atoms with Crippen LogP contribution in [0.15, 0.2) is 46.6 Å². The van der Waals surface area contributed by atoms with Crippen LogP contribution in [0.25, 0.3) is 0 Å². The number of nitrogens with one attached hydrogen (secondary N) is 6. The van der Waals surface area contributed by atoms with Crippen LogP contribution in [-0.2, 0) is 48.8 Å². The summed E-state index contributed by atoms with van der Waals surface area (Å²) < 4.78 is 78.3. The van der Waals surface area contributed by atoms with E-state index in [-0.39, 0.29) is 35.4 Å². The first-order chi connectivity index (χ1) is 29.9. The molecule has 1 aromatic carbocycles. The van der Waals surface area contributed by atoms with E-state index in [0.717, 1.165) is 31.4 Å². The maximum absolute atomic E-state index is 14.1. The Bertz CT molecular complexity index is 2240. The molecule has 25 heteroatoms. The van der Waals surface area contributed by atoms with E-state index >= 15 is 0 Å². The van der Waals surface area contributed by atoms with Crippen LogP contribution in [0.2, 0.25) is 5.02 Å². The number of hydrogen-bond acceptors (Lipinski definition) is 13. The number of ketones is 1. The number of sulfonamides is 2. The zero-order valence-corrected chi connectivity index (χ0v) is 38.0. The van der Waals surface area contributed by atoms with Gasteiger partial charge in [-0.1, -0.05) is 77.8 Å². The van der Waals surface area contributed by atoms with Crippen molar-refractivity contribution >= 4 is 72.9 Å². The third-order valence-corrected chi connectivity index (χ3v) is 12.7. The molecule has 1 saturated carbocycles. The van der Waals surface area contributed by atoms with E-state index in [2.05, 4.69) is 31.2 Å². The standard InChI is InChI=1S/C39H54ClF2N9O11S2/c1-5-22(4)33(50-36(55)28(13-21(2)3)48-37(56)30-19-44-11-12-45-30)38(57)49-29(14-23-9-7-6-8-10-23)35(54)47-27(18-31(41)42)34(53)39(58)46-20-32(52)51-64(61,62)26-16-24(40)15-25(17-26)63(43,59)60/h11-12,15-17,19,21-23,27-29,31,33H,5-10,13-14,18,20H2,1-4H3,(H,46,58)(H,47,54)(H,48,56)(H,49,57)(H,50,55)(H,51,52)(H2,43,59,60)/t22?,27-,28-,29-,33?/m0/s1. The Labute approximate surface area is 374 Å². The van der Waals surface area contributed by atoms with Crippen molar-refractivity contribution in [3.8, 4) is 0 Å². The highest BCUT2D eigenvalue weighted by molar-refractivity contribution is 7.90. The van der Waals surface area contributed by atoms with Gasteiger partial charge in [-0.3, -0.25) is 38.5 Å². The third kappa shape index (κ3) is 16.7. The lowest BCUT2D eigenvalue weighted by Crippen LogP contribution is -2.60. The zero-order chi connectivity index (χ0) is 47.9. The molecule has 1 fully saturated rings. The molecule has 0 saturated heterocycles. The fourth-order valence-corrected chi connectivity index (χ4v) is 8.82. The first kappa shape index (κ1) is 53.1. The molecule has 0 radical (unpaired) electrons. The lowest BCUT2D eigenvalue weighted by atomic mass is 9.84. The number of Topliss-reactive ketones (excluding diaryl/α,β-unsaturated/α-hetero) is 1. The number of aromatic nitrogens is 2. The topological polar surface area (TPSA) is 312 Å². The number of rotatable bonds is 23. The van der Waals surface area contributed by atoms with E-state index in [4.69, 9.17) is 16.7 Å². The maximum atomic E-state index is 14.1. The number of halogens is 3. The highest BCUT2D eigenvalue weighted by Crippen LogP contribution is 2.28. The minimum absolute atomic E-state index is 0.00461. The molecule has 0 aliphatic heterocycles. The van der Waals surface area contributed by atoms with E-state index in [1.165, 1.54) is 23.3 Å². The zero-order valence-electron chi connectivity index (χ0n) is 35.6. The van der Waals surface area contributed by atoms with Gasteiger partial charge in [0.15, 0.2) is 0 Å². The summed E-state index contributed by atoms with van der Waals surface area (Å²) >= 11 is 5.81. The van der Waals surface area contributed by atoms with Crippen LogP contribution < -0.4 is 36.4 Å². The summed E-state index contributed by atoms with van der Waals surface area (Å²) in [6.07, 6.45) is 3.69. The molecule has 20 nitrogen and oxygen atoms in total. The molecule has 2 unspecified atom stereocenters. The van der Waals surface area contributed by atoms with Gasteiger partial charge in [0.05, 0.1) is 22.5 Å². The normalized spacial score (nSPS) is 15.8. The monoisotopic (exact) mass is 961 g/mol. The van der Waals surface area contributed by atoms with Crippen molar-refractivity contribution in [1.29, 1.82) is 0 Å². The molecule has 2 aromatic rings. The third-order valence-electron chi connectivity index (χ3n) is 10.3. The number of carbonyl (C=O) groups excluding carboxylic acids is 7. The van der Waals surface area contributed by atoms with E-state index in [1.54, 1.807) is 19.2 Å². The first-order valence-corrected chi connectivity index (χ1v) is 23.8. The van der Waals surface area contributed by atoms with Crippen molar-refractivity contribution in [2.24, 2.45) is 22.9 Å². The highest BCUT2D eigenvalue weighted by Gasteiger charge is 2.37. The molecule has 0 bridgehead atoms. The van der Waals surface area contributed by atoms with Gasteiger partial charge in [0, 0.05) is 23.8 Å². The fraction of sp³-hybridized carbons (Fsp3) is 0.564. The second-order valence-electron chi connectivity index (χ2n) is 15.9. The number of primary sulfonamides is 1. The summed E-state index contributed by atoms with van der Waals surface area (Å²) in [7, 11) is -9.27. The van der Waals surface area contributed by atoms with Gasteiger partial charge < -0.3 is 26.6 Å². The lowest BCUT2D eigenvalue weighted by Gasteiger charge is -2.31. The average molecular weight is 962 g/mol. The fourth-order valence-electron chi connectivity index (χ4n) is 6.75. The predicted octanol–water partition coefficient (Wildman–Crippen LogP) is 1.24. The van der Waals surface area contributed by atoms with Crippen molar-refractivity contribution in [3.63, 3.8) is 0 Å². The second-order valence-corrected chi connectivity index (χ2v) is 19.5. The molecule has 64 heavy (non-hydrogen) atoms. The van der Waals surface area contributed by atoms with Gasteiger partial charge in [-0.25, -0.2) is 40.5 Å². The summed E-state index contributed by atoms with van der Waals surface area (Å²) in [5, 5.41) is 16.5. The van der Waals surface area contributed by atoms with Gasteiger partial charge in [0.25, 0.3) is 27.7 Å². The Balaban J connectivity index is 1.79. The van der Waals surface area contributed by atoms with E-state index in [9.17, 15) is 59.2 Å². The van der Waals surface area contributed by atoms with Crippen LogP contribution in [0.1, 0.15) is 96.0 Å². The van der Waals surface area contributed by atoms with Crippen LogP contribution >= 0.6 is 11.6 Å². The average Bonchev–Trinajstić information content (AvgIpc) is 3.22. The highest BCUT2D eigenvalue weighted by atomic mass is 35.5. The van der Waals surface area contributed by atoms with E-state index < -0.39 is 121 Å². The van der Waals surface area contributed by atoms with Gasteiger partial charge in [-0.05, 0) is 48.8 Å². The summed E-state index contributed by atoms with van der Waals surface area (Å²) in [6.45, 7) is 5.87. The molecule has 5 atom stereocenters. The van der Waals surface area contributed by atoms with Crippen LogP contribution in [0.3, 0.4) is 0 Å². The van der Waals surface area contributed by atoms with E-state index in [1.807, 2.05) is 13.8 Å². The molecule has 354 valence electrons. The lowest BCUT2D eigenvalue weighted by molar-refractivity contribution is -0.141. The van der Waals surface area contributed by atoms with Crippen molar-refractivity contribution < 1.29 is 59.2 Å². The van der Waals surface area contributed by atoms with Gasteiger partial charge in [-0.2, -0.15) is 0 Å². The number of nitrogens with zero attached hydrogens (tertiary/aromatic N) is 2. The molecule has 0 spiro atoms. The second kappa shape index (κ2) is 24.2.